The Labute approximate surface area is 338 Å². The van der Waals surface area contributed by atoms with Crippen molar-refractivity contribution in [2.45, 2.75) is 70.0 Å². The molecule has 5 aliphatic heterocycles. The van der Waals surface area contributed by atoms with Crippen LogP contribution in [0.5, 0.6) is 0 Å². The monoisotopic (exact) mass is 791 g/mol. The van der Waals surface area contributed by atoms with Crippen molar-refractivity contribution in [1.29, 1.82) is 5.26 Å². The molecule has 4 amide bonds. The van der Waals surface area contributed by atoms with Gasteiger partial charge in [0.05, 0.1) is 22.5 Å². The number of hydrogen-bond acceptors (Lipinski definition) is 10. The predicted octanol–water partition coefficient (Wildman–Crippen LogP) is 4.45. The lowest BCUT2D eigenvalue weighted by Crippen LogP contribution is -2.53. The van der Waals surface area contributed by atoms with E-state index in [0.29, 0.717) is 22.7 Å². The Bertz CT molecular complexity index is 2030. The van der Waals surface area contributed by atoms with Gasteiger partial charge in [-0.2, -0.15) is 5.26 Å². The van der Waals surface area contributed by atoms with Crippen LogP contribution in [0.15, 0.2) is 60.8 Å². The zero-order valence-corrected chi connectivity index (χ0v) is 33.2. The fourth-order valence-corrected chi connectivity index (χ4v) is 9.80. The molecule has 298 valence electrons. The quantitative estimate of drug-likeness (QED) is 0.330. The van der Waals surface area contributed by atoms with Crippen LogP contribution in [0.3, 0.4) is 0 Å². The number of halogens is 1. The fraction of sp³-hybridized carbons (Fsp3) is 0.488. The summed E-state index contributed by atoms with van der Waals surface area (Å²) in [4.78, 5) is 65.7. The molecule has 1 spiro atoms. The molecule has 2 N–H and O–H groups in total. The van der Waals surface area contributed by atoms with Crippen molar-refractivity contribution in [1.82, 2.24) is 25.4 Å². The van der Waals surface area contributed by atoms with Gasteiger partial charge in [-0.3, -0.25) is 29.4 Å². The van der Waals surface area contributed by atoms with Gasteiger partial charge in [0.1, 0.15) is 17.8 Å². The topological polar surface area (TPSA) is 145 Å². The number of nitriles is 1. The van der Waals surface area contributed by atoms with Crippen LogP contribution in [0.25, 0.3) is 0 Å². The minimum absolute atomic E-state index is 0.104. The number of piperidine rings is 3. The Balaban J connectivity index is 0.767. The molecule has 0 radical (unpaired) electrons. The molecule has 57 heavy (non-hydrogen) atoms. The van der Waals surface area contributed by atoms with Gasteiger partial charge in [-0.1, -0.05) is 11.6 Å². The highest BCUT2D eigenvalue weighted by Gasteiger charge is 2.44. The van der Waals surface area contributed by atoms with Crippen LogP contribution >= 0.6 is 11.6 Å². The number of rotatable bonds is 7. The molecule has 0 aliphatic carbocycles. The van der Waals surface area contributed by atoms with E-state index in [1.165, 1.54) is 5.69 Å². The third-order valence-corrected chi connectivity index (χ3v) is 13.3. The second kappa shape index (κ2) is 16.3. The molecule has 8 rings (SSSR count). The van der Waals surface area contributed by atoms with E-state index < -0.39 is 17.9 Å². The van der Waals surface area contributed by atoms with Gasteiger partial charge >= 0.3 is 0 Å². The second-order valence-corrected chi connectivity index (χ2v) is 16.8. The third kappa shape index (κ3) is 8.29. The van der Waals surface area contributed by atoms with Crippen LogP contribution in [0.2, 0.25) is 5.02 Å². The molecular weight excluding hydrogens is 742 g/mol. The summed E-state index contributed by atoms with van der Waals surface area (Å²) in [6.07, 6.45) is 7.46. The van der Waals surface area contributed by atoms with Gasteiger partial charge in [-0.15, -0.1) is 0 Å². The van der Waals surface area contributed by atoms with Gasteiger partial charge in [-0.25, -0.2) is 4.98 Å². The molecule has 14 heteroatoms. The van der Waals surface area contributed by atoms with E-state index in [9.17, 15) is 24.4 Å². The maximum atomic E-state index is 13.6. The summed E-state index contributed by atoms with van der Waals surface area (Å²) < 4.78 is 0. The number of anilines is 3. The molecule has 5 aliphatic rings. The van der Waals surface area contributed by atoms with Crippen LogP contribution in [0, 0.1) is 16.7 Å². The van der Waals surface area contributed by atoms with Crippen LogP contribution in [0.4, 0.5) is 17.1 Å². The van der Waals surface area contributed by atoms with E-state index in [2.05, 4.69) is 60.3 Å². The van der Waals surface area contributed by atoms with Gasteiger partial charge in [0, 0.05) is 94.3 Å². The number of likely N-dealkylation sites (tertiary alicyclic amines) is 1. The lowest BCUT2D eigenvalue weighted by molar-refractivity contribution is -0.134. The molecule has 1 aromatic heterocycles. The first-order chi connectivity index (χ1) is 27.6. The average Bonchev–Trinajstić information content (AvgIpc) is 3.56. The van der Waals surface area contributed by atoms with Crippen molar-refractivity contribution < 1.29 is 19.2 Å². The van der Waals surface area contributed by atoms with E-state index in [-0.39, 0.29) is 35.8 Å². The maximum absolute atomic E-state index is 13.6. The van der Waals surface area contributed by atoms with Crippen molar-refractivity contribution in [3.63, 3.8) is 0 Å². The van der Waals surface area contributed by atoms with Crippen LogP contribution < -0.4 is 25.3 Å². The summed E-state index contributed by atoms with van der Waals surface area (Å²) in [5.41, 5.74) is 4.96. The summed E-state index contributed by atoms with van der Waals surface area (Å²) >= 11 is 6.38. The number of piperazine rings is 1. The first kappa shape index (κ1) is 38.7. The molecule has 3 aromatic rings. The zero-order valence-electron chi connectivity index (χ0n) is 32.5. The Morgan fingerprint density at radius 2 is 1.56 bits per heavy atom. The second-order valence-electron chi connectivity index (χ2n) is 16.4. The van der Waals surface area contributed by atoms with Gasteiger partial charge in [0.25, 0.3) is 11.8 Å². The Hall–Kier alpha value is -5.19. The van der Waals surface area contributed by atoms with Crippen molar-refractivity contribution in [2.75, 3.05) is 73.6 Å². The fourth-order valence-electron chi connectivity index (χ4n) is 9.59. The smallest absolute Gasteiger partial charge is 0.270 e. The minimum Gasteiger partial charge on any atom is -0.371 e. The van der Waals surface area contributed by atoms with E-state index >= 15 is 0 Å². The number of carbonyl (C=O) groups is 4. The Morgan fingerprint density at radius 1 is 0.877 bits per heavy atom. The SMILES string of the molecule is C[C@@H]1CC2(CCN(c3ccc(C(=O)N4CCC(N5CCN(c6ccc(C(=O)N[C@@H]7CCC(=O)NC7=O)nc6)CC5)CC4)cc3)CC2)CN1c1ccc(C#N)c(Cl)c1. The standard InChI is InChI=1S/C43H50ClN9O4/c1-29-25-43(28-53(29)34-7-4-31(26-45)36(44)24-34)14-18-49(19-15-43)32-5-2-30(3-6-32)42(57)52-16-12-33(13-17-52)50-20-22-51(23-21-50)35-8-9-37(46-27-35)40(55)47-38-10-11-39(54)48-41(38)56/h2-9,24,27,29,33,38H,10-23,25,28H2,1H3,(H,47,55)(H,48,54,56)/t29-,38-/m1/s1. The number of nitrogens with one attached hydrogen (secondary N) is 2. The van der Waals surface area contributed by atoms with E-state index in [1.54, 1.807) is 12.3 Å². The number of hydrogen-bond donors (Lipinski definition) is 2. The van der Waals surface area contributed by atoms with Crippen LogP contribution in [-0.2, 0) is 9.59 Å². The first-order valence-electron chi connectivity index (χ1n) is 20.3. The van der Waals surface area contributed by atoms with Crippen molar-refractivity contribution in [2.24, 2.45) is 5.41 Å². The number of amides is 4. The Kier molecular flexibility index (Phi) is 11.1. The molecule has 2 aromatic carbocycles. The van der Waals surface area contributed by atoms with Gasteiger partial charge in [0.2, 0.25) is 11.8 Å². The molecule has 13 nitrogen and oxygen atoms in total. The molecular formula is C43H50ClN9O4. The highest BCUT2D eigenvalue weighted by Crippen LogP contribution is 2.46. The van der Waals surface area contributed by atoms with Crippen LogP contribution in [0.1, 0.15) is 78.3 Å². The molecule has 2 atom stereocenters. The third-order valence-electron chi connectivity index (χ3n) is 12.9. The molecule has 0 saturated carbocycles. The molecule has 5 fully saturated rings. The van der Waals surface area contributed by atoms with Gasteiger partial charge < -0.3 is 24.9 Å². The average molecular weight is 792 g/mol. The van der Waals surface area contributed by atoms with Crippen LogP contribution in [-0.4, -0.2) is 115 Å². The zero-order chi connectivity index (χ0) is 39.7. The number of carbonyl (C=O) groups excluding carboxylic acids is 4. The van der Waals surface area contributed by atoms with Crippen molar-refractivity contribution >= 4 is 52.3 Å². The molecule has 5 saturated heterocycles. The van der Waals surface area contributed by atoms with E-state index in [1.807, 2.05) is 41.3 Å². The number of nitrogens with zero attached hydrogens (tertiary/aromatic N) is 7. The predicted molar refractivity (Wildman–Crippen MR) is 219 cm³/mol. The van der Waals surface area contributed by atoms with Crippen molar-refractivity contribution in [3.05, 3.63) is 82.6 Å². The van der Waals surface area contributed by atoms with Gasteiger partial charge in [-0.05, 0) is 105 Å². The number of benzene rings is 2. The first-order valence-corrected chi connectivity index (χ1v) is 20.7. The number of aromatic nitrogens is 1. The normalized spacial score (nSPS) is 23.0. The largest absolute Gasteiger partial charge is 0.371 e. The summed E-state index contributed by atoms with van der Waals surface area (Å²) in [5, 5.41) is 14.7. The minimum atomic E-state index is -0.736. The van der Waals surface area contributed by atoms with E-state index in [0.717, 1.165) is 108 Å². The highest BCUT2D eigenvalue weighted by molar-refractivity contribution is 6.32. The summed E-state index contributed by atoms with van der Waals surface area (Å²) in [5.74, 6) is -1.14. The van der Waals surface area contributed by atoms with Gasteiger partial charge in [0.15, 0.2) is 0 Å². The lowest BCUT2D eigenvalue weighted by Gasteiger charge is -2.43. The Morgan fingerprint density at radius 3 is 2.21 bits per heavy atom. The summed E-state index contributed by atoms with van der Waals surface area (Å²) in [7, 11) is 0. The van der Waals surface area contributed by atoms with Crippen molar-refractivity contribution in [3.8, 4) is 6.07 Å². The number of imide groups is 1. The highest BCUT2D eigenvalue weighted by atomic mass is 35.5. The maximum Gasteiger partial charge on any atom is 0.270 e. The summed E-state index contributed by atoms with van der Waals surface area (Å²) in [6.45, 7) is 10.3. The number of pyridine rings is 1. The molecule has 0 bridgehead atoms. The molecule has 0 unspecified atom stereocenters. The van der Waals surface area contributed by atoms with E-state index in [4.69, 9.17) is 11.6 Å². The lowest BCUT2D eigenvalue weighted by atomic mass is 9.76. The summed E-state index contributed by atoms with van der Waals surface area (Å²) in [6, 6.07) is 19.8. The molecule has 6 heterocycles.